The lowest BCUT2D eigenvalue weighted by atomic mass is 9.98. The SMILES string of the molecule is CC[C@@H](C)[C@H](NC(=O)N1CCn2c1nc1ccccc12)C(=O)NCCc1ccccc1. The van der Waals surface area contributed by atoms with Crippen molar-refractivity contribution in [2.24, 2.45) is 5.92 Å². The lowest BCUT2D eigenvalue weighted by Gasteiger charge is -2.26. The lowest BCUT2D eigenvalue weighted by Crippen LogP contribution is -2.54. The van der Waals surface area contributed by atoms with Crippen LogP contribution in [0.1, 0.15) is 25.8 Å². The summed E-state index contributed by atoms with van der Waals surface area (Å²) in [4.78, 5) is 32.3. The average molecular weight is 420 g/mol. The van der Waals surface area contributed by atoms with Crippen LogP contribution in [-0.4, -0.2) is 40.6 Å². The van der Waals surface area contributed by atoms with Crippen LogP contribution in [-0.2, 0) is 17.8 Å². The number of hydrogen-bond acceptors (Lipinski definition) is 3. The van der Waals surface area contributed by atoms with Gasteiger partial charge in [0.1, 0.15) is 6.04 Å². The molecule has 1 aliphatic heterocycles. The van der Waals surface area contributed by atoms with Gasteiger partial charge >= 0.3 is 6.03 Å². The van der Waals surface area contributed by atoms with Crippen LogP contribution >= 0.6 is 0 Å². The van der Waals surface area contributed by atoms with Crippen molar-refractivity contribution in [1.82, 2.24) is 20.2 Å². The Morgan fingerprint density at radius 3 is 2.58 bits per heavy atom. The molecule has 0 saturated heterocycles. The molecule has 2 N–H and O–H groups in total. The van der Waals surface area contributed by atoms with Crippen molar-refractivity contribution in [3.63, 3.8) is 0 Å². The van der Waals surface area contributed by atoms with E-state index in [1.807, 2.05) is 73.0 Å². The number of carbonyl (C=O) groups is 2. The van der Waals surface area contributed by atoms with Gasteiger partial charge < -0.3 is 15.2 Å². The predicted octanol–water partition coefficient (Wildman–Crippen LogP) is 3.34. The van der Waals surface area contributed by atoms with Crippen LogP contribution in [0.25, 0.3) is 11.0 Å². The van der Waals surface area contributed by atoms with Crippen molar-refractivity contribution >= 4 is 28.9 Å². The van der Waals surface area contributed by atoms with Crippen molar-refractivity contribution in [1.29, 1.82) is 0 Å². The maximum absolute atomic E-state index is 13.1. The first kappa shape index (κ1) is 20.9. The molecule has 4 rings (SSSR count). The van der Waals surface area contributed by atoms with Gasteiger partial charge in [-0.25, -0.2) is 9.78 Å². The normalized spacial score (nSPS) is 14.8. The van der Waals surface area contributed by atoms with E-state index >= 15 is 0 Å². The number of urea groups is 1. The summed E-state index contributed by atoms with van der Waals surface area (Å²) in [7, 11) is 0. The van der Waals surface area contributed by atoms with Crippen molar-refractivity contribution in [3.05, 3.63) is 60.2 Å². The third-order valence-corrected chi connectivity index (χ3v) is 6.00. The van der Waals surface area contributed by atoms with Crippen LogP contribution in [0.2, 0.25) is 0 Å². The van der Waals surface area contributed by atoms with Crippen molar-refractivity contribution in [3.8, 4) is 0 Å². The van der Waals surface area contributed by atoms with Gasteiger partial charge in [0.05, 0.1) is 11.0 Å². The molecule has 162 valence electrons. The summed E-state index contributed by atoms with van der Waals surface area (Å²) in [5.74, 6) is 0.500. The third kappa shape index (κ3) is 4.40. The highest BCUT2D eigenvalue weighted by Gasteiger charge is 2.32. The van der Waals surface area contributed by atoms with E-state index in [4.69, 9.17) is 0 Å². The standard InChI is InChI=1S/C24H29N5O2/c1-3-17(2)21(22(30)25-14-13-18-9-5-4-6-10-18)27-24(31)29-16-15-28-20-12-8-7-11-19(20)26-23(28)29/h4-12,17,21H,3,13-16H2,1-2H3,(H,25,30)(H,27,31)/t17-,21+/m1/s1. The minimum absolute atomic E-state index is 0.0158. The number of amides is 3. The number of hydrogen-bond donors (Lipinski definition) is 2. The molecule has 0 fully saturated rings. The maximum atomic E-state index is 13.1. The Morgan fingerprint density at radius 1 is 1.06 bits per heavy atom. The molecule has 2 atom stereocenters. The molecule has 0 radical (unpaired) electrons. The molecule has 7 nitrogen and oxygen atoms in total. The number of nitrogens with one attached hydrogen (secondary N) is 2. The van der Waals surface area contributed by atoms with E-state index < -0.39 is 6.04 Å². The molecular formula is C24H29N5O2. The van der Waals surface area contributed by atoms with E-state index in [0.717, 1.165) is 23.9 Å². The summed E-state index contributed by atoms with van der Waals surface area (Å²) in [6.45, 7) is 5.78. The smallest absolute Gasteiger partial charge is 0.324 e. The van der Waals surface area contributed by atoms with E-state index in [-0.39, 0.29) is 17.9 Å². The van der Waals surface area contributed by atoms with Gasteiger partial charge in [-0.1, -0.05) is 62.7 Å². The molecule has 3 amide bonds. The zero-order chi connectivity index (χ0) is 21.8. The maximum Gasteiger partial charge on any atom is 0.324 e. The van der Waals surface area contributed by atoms with Crippen molar-refractivity contribution in [2.75, 3.05) is 18.0 Å². The Bertz CT molecular complexity index is 1060. The molecule has 1 aliphatic rings. The van der Waals surface area contributed by atoms with Gasteiger partial charge in [0.2, 0.25) is 11.9 Å². The van der Waals surface area contributed by atoms with Gasteiger partial charge in [-0.05, 0) is 30.0 Å². The molecule has 2 aromatic carbocycles. The largest absolute Gasteiger partial charge is 0.354 e. The Hall–Kier alpha value is -3.35. The van der Waals surface area contributed by atoms with Gasteiger partial charge in [-0.2, -0.15) is 0 Å². The van der Waals surface area contributed by atoms with E-state index in [0.29, 0.717) is 25.6 Å². The first-order valence-electron chi connectivity index (χ1n) is 10.9. The second-order valence-electron chi connectivity index (χ2n) is 8.04. The highest BCUT2D eigenvalue weighted by molar-refractivity contribution is 5.96. The van der Waals surface area contributed by atoms with Gasteiger partial charge in [0.15, 0.2) is 0 Å². The fourth-order valence-electron chi connectivity index (χ4n) is 3.98. The molecule has 31 heavy (non-hydrogen) atoms. The van der Waals surface area contributed by atoms with E-state index in [1.54, 1.807) is 4.90 Å². The Balaban J connectivity index is 1.42. The minimum atomic E-state index is -0.591. The molecule has 3 aromatic rings. The molecule has 0 unspecified atom stereocenters. The first-order valence-corrected chi connectivity index (χ1v) is 10.9. The fourth-order valence-corrected chi connectivity index (χ4v) is 3.98. The Morgan fingerprint density at radius 2 is 1.81 bits per heavy atom. The van der Waals surface area contributed by atoms with Crippen LogP contribution in [0.3, 0.4) is 0 Å². The zero-order valence-corrected chi connectivity index (χ0v) is 18.0. The number of para-hydroxylation sites is 2. The summed E-state index contributed by atoms with van der Waals surface area (Å²) in [5, 5.41) is 5.95. The minimum Gasteiger partial charge on any atom is -0.354 e. The molecule has 7 heteroatoms. The number of anilines is 1. The highest BCUT2D eigenvalue weighted by Crippen LogP contribution is 2.27. The third-order valence-electron chi connectivity index (χ3n) is 6.00. The Kier molecular flexibility index (Phi) is 6.21. The van der Waals surface area contributed by atoms with E-state index in [9.17, 15) is 9.59 Å². The van der Waals surface area contributed by atoms with Crippen molar-refractivity contribution in [2.45, 2.75) is 39.3 Å². The monoisotopic (exact) mass is 419 g/mol. The number of fused-ring (bicyclic) bond motifs is 3. The average Bonchev–Trinajstić information content (AvgIpc) is 3.37. The van der Waals surface area contributed by atoms with Gasteiger partial charge in [-0.15, -0.1) is 0 Å². The van der Waals surface area contributed by atoms with Gasteiger partial charge in [0.25, 0.3) is 0 Å². The quantitative estimate of drug-likeness (QED) is 0.616. The second kappa shape index (κ2) is 9.20. The highest BCUT2D eigenvalue weighted by atomic mass is 16.2. The van der Waals surface area contributed by atoms with E-state index in [1.165, 1.54) is 5.56 Å². The number of rotatable bonds is 7. The molecule has 0 spiro atoms. The molecular weight excluding hydrogens is 390 g/mol. The second-order valence-corrected chi connectivity index (χ2v) is 8.04. The van der Waals surface area contributed by atoms with Gasteiger partial charge in [0, 0.05) is 19.6 Å². The van der Waals surface area contributed by atoms with Crippen LogP contribution in [0.15, 0.2) is 54.6 Å². The first-order chi connectivity index (χ1) is 15.1. The lowest BCUT2D eigenvalue weighted by molar-refractivity contribution is -0.124. The molecule has 2 heterocycles. The summed E-state index contributed by atoms with van der Waals surface area (Å²) >= 11 is 0. The molecule has 1 aromatic heterocycles. The summed E-state index contributed by atoms with van der Waals surface area (Å²) in [6, 6.07) is 17.0. The van der Waals surface area contributed by atoms with Crippen LogP contribution in [0.5, 0.6) is 0 Å². The predicted molar refractivity (Wildman–Crippen MR) is 122 cm³/mol. The molecule has 0 saturated carbocycles. The zero-order valence-electron chi connectivity index (χ0n) is 18.0. The van der Waals surface area contributed by atoms with Crippen LogP contribution in [0, 0.1) is 5.92 Å². The number of aromatic nitrogens is 2. The van der Waals surface area contributed by atoms with Gasteiger partial charge in [-0.3, -0.25) is 9.69 Å². The van der Waals surface area contributed by atoms with Crippen LogP contribution in [0.4, 0.5) is 10.7 Å². The Labute approximate surface area is 182 Å². The van der Waals surface area contributed by atoms with Crippen molar-refractivity contribution < 1.29 is 9.59 Å². The number of nitrogens with zero attached hydrogens (tertiary/aromatic N) is 3. The van der Waals surface area contributed by atoms with E-state index in [2.05, 4.69) is 15.6 Å². The number of benzene rings is 2. The topological polar surface area (TPSA) is 79.3 Å². The summed E-state index contributed by atoms with van der Waals surface area (Å²) in [6.07, 6.45) is 1.54. The molecule has 0 aliphatic carbocycles. The summed E-state index contributed by atoms with van der Waals surface area (Å²) < 4.78 is 2.05. The molecule has 0 bridgehead atoms. The number of imidazole rings is 1. The fraction of sp³-hybridized carbons (Fsp3) is 0.375. The number of carbonyl (C=O) groups excluding carboxylic acids is 2. The summed E-state index contributed by atoms with van der Waals surface area (Å²) in [5.41, 5.74) is 3.06. The van der Waals surface area contributed by atoms with Crippen LogP contribution < -0.4 is 15.5 Å².